The molecule has 0 radical (unpaired) electrons. The van der Waals surface area contributed by atoms with Gasteiger partial charge in [-0.2, -0.15) is 0 Å². The standard InChI is InChI=1S/C20H26N4O2/c1-16(25)22-18-8-5-9-19(14-18)23-20(26)15-24(13-11-21)12-10-17-6-3-2-4-7-17/h2-9,14H,10-13,15,21H2,1H3,(H,22,25)(H,23,26). The average Bonchev–Trinajstić information content (AvgIpc) is 2.60. The molecule has 0 heterocycles. The van der Waals surface area contributed by atoms with Crippen LogP contribution in [0, 0.1) is 0 Å². The molecule has 0 aliphatic heterocycles. The molecule has 0 saturated carbocycles. The summed E-state index contributed by atoms with van der Waals surface area (Å²) in [5, 5.41) is 5.57. The van der Waals surface area contributed by atoms with E-state index >= 15 is 0 Å². The third kappa shape index (κ3) is 7.04. The first-order valence-corrected chi connectivity index (χ1v) is 8.70. The Kier molecular flexibility index (Phi) is 7.79. The van der Waals surface area contributed by atoms with Gasteiger partial charge in [-0.25, -0.2) is 0 Å². The number of hydrogen-bond donors (Lipinski definition) is 3. The summed E-state index contributed by atoms with van der Waals surface area (Å²) in [7, 11) is 0. The van der Waals surface area contributed by atoms with Gasteiger partial charge < -0.3 is 16.4 Å². The van der Waals surface area contributed by atoms with Crippen LogP contribution in [0.25, 0.3) is 0 Å². The van der Waals surface area contributed by atoms with Crippen LogP contribution >= 0.6 is 0 Å². The number of nitrogens with one attached hydrogen (secondary N) is 2. The second-order valence-corrected chi connectivity index (χ2v) is 6.11. The van der Waals surface area contributed by atoms with E-state index in [2.05, 4.69) is 22.8 Å². The highest BCUT2D eigenvalue weighted by molar-refractivity contribution is 5.94. The lowest BCUT2D eigenvalue weighted by Crippen LogP contribution is -2.38. The Bertz CT molecular complexity index is 719. The summed E-state index contributed by atoms with van der Waals surface area (Å²) >= 11 is 0. The summed E-state index contributed by atoms with van der Waals surface area (Å²) < 4.78 is 0. The first kappa shape index (κ1) is 19.6. The lowest BCUT2D eigenvalue weighted by molar-refractivity contribution is -0.117. The lowest BCUT2D eigenvalue weighted by Gasteiger charge is -2.21. The van der Waals surface area contributed by atoms with Crippen LogP contribution < -0.4 is 16.4 Å². The number of hydrogen-bond acceptors (Lipinski definition) is 4. The van der Waals surface area contributed by atoms with Crippen molar-refractivity contribution in [3.8, 4) is 0 Å². The Morgan fingerprint density at radius 2 is 1.65 bits per heavy atom. The van der Waals surface area contributed by atoms with Crippen LogP contribution in [0.3, 0.4) is 0 Å². The average molecular weight is 354 g/mol. The highest BCUT2D eigenvalue weighted by Crippen LogP contribution is 2.15. The Balaban J connectivity index is 1.89. The lowest BCUT2D eigenvalue weighted by atomic mass is 10.1. The van der Waals surface area contributed by atoms with Crippen LogP contribution in [-0.4, -0.2) is 42.9 Å². The molecule has 2 rings (SSSR count). The highest BCUT2D eigenvalue weighted by atomic mass is 16.2. The number of rotatable bonds is 9. The zero-order chi connectivity index (χ0) is 18.8. The van der Waals surface area contributed by atoms with Gasteiger partial charge in [0.15, 0.2) is 0 Å². The van der Waals surface area contributed by atoms with Crippen molar-refractivity contribution in [3.05, 3.63) is 60.2 Å². The van der Waals surface area contributed by atoms with Crippen molar-refractivity contribution in [2.24, 2.45) is 5.73 Å². The minimum absolute atomic E-state index is 0.105. The summed E-state index contributed by atoms with van der Waals surface area (Å²) in [6.07, 6.45) is 0.867. The highest BCUT2D eigenvalue weighted by Gasteiger charge is 2.11. The predicted molar refractivity (Wildman–Crippen MR) is 105 cm³/mol. The Morgan fingerprint density at radius 1 is 0.962 bits per heavy atom. The van der Waals surface area contributed by atoms with Gasteiger partial charge in [-0.1, -0.05) is 36.4 Å². The van der Waals surface area contributed by atoms with E-state index in [0.717, 1.165) is 13.0 Å². The number of benzene rings is 2. The topological polar surface area (TPSA) is 87.5 Å². The molecule has 4 N–H and O–H groups in total. The van der Waals surface area contributed by atoms with E-state index in [0.29, 0.717) is 24.5 Å². The van der Waals surface area contributed by atoms with Gasteiger partial charge in [0.05, 0.1) is 6.54 Å². The fourth-order valence-corrected chi connectivity index (χ4v) is 2.67. The van der Waals surface area contributed by atoms with E-state index in [-0.39, 0.29) is 18.4 Å². The molecule has 2 aromatic carbocycles. The Labute approximate surface area is 154 Å². The molecule has 0 bridgehead atoms. The van der Waals surface area contributed by atoms with Crippen LogP contribution in [-0.2, 0) is 16.0 Å². The van der Waals surface area contributed by atoms with Crippen molar-refractivity contribution in [2.75, 3.05) is 36.8 Å². The van der Waals surface area contributed by atoms with Gasteiger partial charge in [0, 0.05) is 37.9 Å². The van der Waals surface area contributed by atoms with Gasteiger partial charge in [-0.15, -0.1) is 0 Å². The molecule has 0 atom stereocenters. The molecule has 6 heteroatoms. The predicted octanol–water partition coefficient (Wildman–Crippen LogP) is 2.09. The molecular weight excluding hydrogens is 328 g/mol. The summed E-state index contributed by atoms with van der Waals surface area (Å²) in [6.45, 7) is 3.64. The third-order valence-corrected chi connectivity index (χ3v) is 3.84. The molecule has 0 aliphatic rings. The monoisotopic (exact) mass is 354 g/mol. The Morgan fingerprint density at radius 3 is 2.31 bits per heavy atom. The first-order valence-electron chi connectivity index (χ1n) is 8.70. The maximum atomic E-state index is 12.4. The molecule has 2 aromatic rings. The van der Waals surface area contributed by atoms with Gasteiger partial charge in [0.25, 0.3) is 0 Å². The molecular formula is C20H26N4O2. The third-order valence-electron chi connectivity index (χ3n) is 3.84. The number of anilines is 2. The van der Waals surface area contributed by atoms with Gasteiger partial charge in [-0.05, 0) is 30.2 Å². The van der Waals surface area contributed by atoms with E-state index < -0.39 is 0 Å². The minimum atomic E-state index is -0.150. The van der Waals surface area contributed by atoms with Crippen molar-refractivity contribution in [3.63, 3.8) is 0 Å². The smallest absolute Gasteiger partial charge is 0.238 e. The SMILES string of the molecule is CC(=O)Nc1cccc(NC(=O)CN(CCN)CCc2ccccc2)c1. The second kappa shape index (κ2) is 10.3. The number of carbonyl (C=O) groups excluding carboxylic acids is 2. The normalized spacial score (nSPS) is 10.6. The molecule has 138 valence electrons. The summed E-state index contributed by atoms with van der Waals surface area (Å²) in [5.41, 5.74) is 8.21. The van der Waals surface area contributed by atoms with Crippen LogP contribution in [0.5, 0.6) is 0 Å². The summed E-state index contributed by atoms with van der Waals surface area (Å²) in [4.78, 5) is 25.5. The molecule has 0 aliphatic carbocycles. The molecule has 0 aromatic heterocycles. The van der Waals surface area contributed by atoms with Crippen molar-refractivity contribution < 1.29 is 9.59 Å². The number of nitrogens with two attached hydrogens (primary N) is 1. The van der Waals surface area contributed by atoms with Crippen LogP contribution in [0.1, 0.15) is 12.5 Å². The van der Waals surface area contributed by atoms with E-state index in [1.165, 1.54) is 12.5 Å². The van der Waals surface area contributed by atoms with E-state index in [4.69, 9.17) is 5.73 Å². The van der Waals surface area contributed by atoms with E-state index in [1.807, 2.05) is 23.1 Å². The van der Waals surface area contributed by atoms with Crippen LogP contribution in [0.15, 0.2) is 54.6 Å². The maximum Gasteiger partial charge on any atom is 0.238 e. The fraction of sp³-hybridized carbons (Fsp3) is 0.300. The largest absolute Gasteiger partial charge is 0.329 e. The zero-order valence-corrected chi connectivity index (χ0v) is 15.1. The molecule has 0 saturated heterocycles. The minimum Gasteiger partial charge on any atom is -0.329 e. The van der Waals surface area contributed by atoms with E-state index in [1.54, 1.807) is 24.3 Å². The van der Waals surface area contributed by atoms with Crippen molar-refractivity contribution in [2.45, 2.75) is 13.3 Å². The quantitative estimate of drug-likeness (QED) is 0.643. The first-order chi connectivity index (χ1) is 12.6. The van der Waals surface area contributed by atoms with Gasteiger partial charge in [-0.3, -0.25) is 14.5 Å². The van der Waals surface area contributed by atoms with E-state index in [9.17, 15) is 9.59 Å². The molecule has 0 fully saturated rings. The summed E-state index contributed by atoms with van der Waals surface area (Å²) in [6, 6.07) is 17.3. The second-order valence-electron chi connectivity index (χ2n) is 6.11. The zero-order valence-electron chi connectivity index (χ0n) is 15.1. The number of nitrogens with zero attached hydrogens (tertiary/aromatic N) is 1. The fourth-order valence-electron chi connectivity index (χ4n) is 2.67. The van der Waals surface area contributed by atoms with Gasteiger partial charge in [0.2, 0.25) is 11.8 Å². The number of carbonyl (C=O) groups is 2. The van der Waals surface area contributed by atoms with Crippen LogP contribution in [0.2, 0.25) is 0 Å². The van der Waals surface area contributed by atoms with Crippen molar-refractivity contribution in [1.82, 2.24) is 4.90 Å². The van der Waals surface area contributed by atoms with Gasteiger partial charge in [0.1, 0.15) is 0 Å². The molecule has 2 amide bonds. The molecule has 0 unspecified atom stereocenters. The molecule has 0 spiro atoms. The number of amides is 2. The van der Waals surface area contributed by atoms with Crippen LogP contribution in [0.4, 0.5) is 11.4 Å². The van der Waals surface area contributed by atoms with Crippen molar-refractivity contribution in [1.29, 1.82) is 0 Å². The molecule has 26 heavy (non-hydrogen) atoms. The molecule has 6 nitrogen and oxygen atoms in total. The van der Waals surface area contributed by atoms with Gasteiger partial charge >= 0.3 is 0 Å². The summed E-state index contributed by atoms with van der Waals surface area (Å²) in [5.74, 6) is -0.255. The van der Waals surface area contributed by atoms with Crippen molar-refractivity contribution >= 4 is 23.2 Å². The Hall–Kier alpha value is -2.70. The maximum absolute atomic E-state index is 12.4.